The summed E-state index contributed by atoms with van der Waals surface area (Å²) in [5, 5.41) is 5.33. The molecule has 2 aromatic rings. The van der Waals surface area contributed by atoms with E-state index in [-0.39, 0.29) is 30.1 Å². The van der Waals surface area contributed by atoms with Gasteiger partial charge >= 0.3 is 6.55 Å². The van der Waals surface area contributed by atoms with Gasteiger partial charge in [-0.05, 0) is 18.1 Å². The van der Waals surface area contributed by atoms with E-state index in [4.69, 9.17) is 0 Å². The van der Waals surface area contributed by atoms with Crippen molar-refractivity contribution in [3.05, 3.63) is 30.1 Å². The molecule has 6 nitrogen and oxygen atoms in total. The van der Waals surface area contributed by atoms with Crippen LogP contribution in [0.5, 0.6) is 0 Å². The Morgan fingerprint density at radius 1 is 1.19 bits per heavy atom. The summed E-state index contributed by atoms with van der Waals surface area (Å²) in [4.78, 5) is 27.9. The maximum Gasteiger partial charge on any atom is 0.320 e. The Hall–Kier alpha value is -2.51. The number of carbonyl (C=O) groups excluding carboxylic acids is 2. The maximum absolute atomic E-state index is 13.5. The normalized spacial score (nSPS) is 13.8. The van der Waals surface area contributed by atoms with Crippen LogP contribution in [0, 0.1) is 5.92 Å². The molecule has 26 heavy (non-hydrogen) atoms. The number of hydrogen-bond donors (Lipinski definition) is 2. The summed E-state index contributed by atoms with van der Waals surface area (Å²) in [5.74, 6) is -0.958. The Kier molecular flexibility index (Phi) is 6.28. The molecule has 2 N–H and O–H groups in total. The Bertz CT molecular complexity index is 789. The molecule has 0 aliphatic heterocycles. The number of rotatable bonds is 7. The molecule has 2 atom stereocenters. The second-order valence-corrected chi connectivity index (χ2v) is 6.67. The topological polar surface area (TPSA) is 76.0 Å². The Labute approximate surface area is 151 Å². The van der Waals surface area contributed by atoms with Crippen LogP contribution in [0.3, 0.4) is 0 Å². The molecular weight excluding hydrogens is 342 g/mol. The lowest BCUT2D eigenvalue weighted by atomic mass is 10.0. The van der Waals surface area contributed by atoms with Crippen LogP contribution in [0.1, 0.15) is 46.0 Å². The first-order valence-electron chi connectivity index (χ1n) is 8.52. The highest BCUT2D eigenvalue weighted by molar-refractivity contribution is 5.87. The average Bonchev–Trinajstić information content (AvgIpc) is 2.96. The van der Waals surface area contributed by atoms with Gasteiger partial charge in [-0.3, -0.25) is 14.2 Å². The van der Waals surface area contributed by atoms with Gasteiger partial charge in [0.1, 0.15) is 11.9 Å². The zero-order valence-corrected chi connectivity index (χ0v) is 15.3. The Morgan fingerprint density at radius 2 is 1.85 bits per heavy atom. The van der Waals surface area contributed by atoms with Crippen LogP contribution in [0.2, 0.25) is 0 Å². The van der Waals surface area contributed by atoms with Crippen LogP contribution >= 0.6 is 0 Å². The van der Waals surface area contributed by atoms with Gasteiger partial charge in [-0.1, -0.05) is 32.9 Å². The van der Waals surface area contributed by atoms with E-state index in [1.54, 1.807) is 31.2 Å². The Morgan fingerprint density at radius 3 is 2.42 bits per heavy atom. The van der Waals surface area contributed by atoms with E-state index in [1.807, 2.05) is 13.8 Å². The van der Waals surface area contributed by atoms with Gasteiger partial charge in [-0.2, -0.15) is 8.78 Å². The maximum atomic E-state index is 13.5. The smallest absolute Gasteiger partial charge is 0.320 e. The molecular formula is C18H24F2N4O2. The van der Waals surface area contributed by atoms with Crippen molar-refractivity contribution >= 4 is 22.8 Å². The van der Waals surface area contributed by atoms with Crippen molar-refractivity contribution in [1.82, 2.24) is 20.2 Å². The molecule has 1 heterocycles. The lowest BCUT2D eigenvalue weighted by molar-refractivity contribution is -0.129. The molecule has 8 heteroatoms. The highest BCUT2D eigenvalue weighted by Gasteiger charge is 2.25. The Balaban J connectivity index is 2.16. The standard InChI is InChI=1S/C18H24F2N4O2/c1-10(2)15(22-12(4)25)17(26)21-9-11(3)16-23-13-7-5-6-8-14(13)24(16)18(19)20/h5-8,10-11,15,18H,9H2,1-4H3,(H,21,26)(H,22,25)/t11-,15-/m1/s1. The summed E-state index contributed by atoms with van der Waals surface area (Å²) < 4.78 is 27.9. The van der Waals surface area contributed by atoms with Crippen LogP contribution in [0.15, 0.2) is 24.3 Å². The third kappa shape index (κ3) is 4.36. The first kappa shape index (κ1) is 19.8. The molecule has 0 fully saturated rings. The highest BCUT2D eigenvalue weighted by atomic mass is 19.3. The van der Waals surface area contributed by atoms with Crippen molar-refractivity contribution in [2.75, 3.05) is 6.54 Å². The molecule has 0 aliphatic carbocycles. The van der Waals surface area contributed by atoms with Crippen LogP contribution in [-0.2, 0) is 9.59 Å². The summed E-state index contributed by atoms with van der Waals surface area (Å²) in [6.07, 6.45) is 0. The minimum absolute atomic E-state index is 0.0974. The fraction of sp³-hybridized carbons (Fsp3) is 0.500. The van der Waals surface area contributed by atoms with Crippen molar-refractivity contribution in [3.63, 3.8) is 0 Å². The van der Waals surface area contributed by atoms with E-state index < -0.39 is 18.5 Å². The number of amides is 2. The highest BCUT2D eigenvalue weighted by Crippen LogP contribution is 2.27. The lowest BCUT2D eigenvalue weighted by Gasteiger charge is -2.22. The van der Waals surface area contributed by atoms with Gasteiger partial charge in [0.15, 0.2) is 0 Å². The number of halogens is 2. The monoisotopic (exact) mass is 366 g/mol. The van der Waals surface area contributed by atoms with Crippen LogP contribution in [0.4, 0.5) is 8.78 Å². The molecule has 0 spiro atoms. The molecule has 2 rings (SSSR count). The summed E-state index contributed by atoms with van der Waals surface area (Å²) in [7, 11) is 0. The number of carbonyl (C=O) groups is 2. The van der Waals surface area contributed by atoms with Crippen molar-refractivity contribution in [3.8, 4) is 0 Å². The van der Waals surface area contributed by atoms with Gasteiger partial charge in [-0.25, -0.2) is 4.98 Å². The number of aromatic nitrogens is 2. The van der Waals surface area contributed by atoms with E-state index in [2.05, 4.69) is 15.6 Å². The summed E-state index contributed by atoms with van der Waals surface area (Å²) in [6, 6.07) is 6.01. The van der Waals surface area contributed by atoms with Gasteiger partial charge in [0.25, 0.3) is 0 Å². The number of nitrogens with one attached hydrogen (secondary N) is 2. The van der Waals surface area contributed by atoms with Crippen LogP contribution in [0.25, 0.3) is 11.0 Å². The van der Waals surface area contributed by atoms with Gasteiger partial charge in [-0.15, -0.1) is 0 Å². The molecule has 0 saturated carbocycles. The molecule has 142 valence electrons. The first-order valence-corrected chi connectivity index (χ1v) is 8.52. The van der Waals surface area contributed by atoms with Gasteiger partial charge in [0, 0.05) is 19.4 Å². The van der Waals surface area contributed by atoms with E-state index in [9.17, 15) is 18.4 Å². The van der Waals surface area contributed by atoms with E-state index in [0.717, 1.165) is 4.57 Å². The molecule has 0 radical (unpaired) electrons. The van der Waals surface area contributed by atoms with E-state index >= 15 is 0 Å². The second-order valence-electron chi connectivity index (χ2n) is 6.67. The zero-order valence-electron chi connectivity index (χ0n) is 15.3. The number of para-hydroxylation sites is 2. The first-order chi connectivity index (χ1) is 12.2. The number of fused-ring (bicyclic) bond motifs is 1. The molecule has 0 aliphatic rings. The van der Waals surface area contributed by atoms with Crippen LogP contribution in [-0.4, -0.2) is 34.0 Å². The predicted octanol–water partition coefficient (Wildman–Crippen LogP) is 2.81. The minimum atomic E-state index is -2.72. The molecule has 0 bridgehead atoms. The molecule has 0 unspecified atom stereocenters. The predicted molar refractivity (Wildman–Crippen MR) is 94.9 cm³/mol. The summed E-state index contributed by atoms with van der Waals surface area (Å²) >= 11 is 0. The lowest BCUT2D eigenvalue weighted by Crippen LogP contribution is -2.49. The van der Waals surface area contributed by atoms with Gasteiger partial charge < -0.3 is 10.6 Å². The van der Waals surface area contributed by atoms with Crippen molar-refractivity contribution < 1.29 is 18.4 Å². The van der Waals surface area contributed by atoms with E-state index in [1.165, 1.54) is 6.92 Å². The number of nitrogens with zero attached hydrogens (tertiary/aromatic N) is 2. The zero-order chi connectivity index (χ0) is 19.4. The molecule has 1 aromatic carbocycles. The van der Waals surface area contributed by atoms with Crippen LogP contribution < -0.4 is 10.6 Å². The van der Waals surface area contributed by atoms with Crippen molar-refractivity contribution in [2.24, 2.45) is 5.92 Å². The fourth-order valence-corrected chi connectivity index (χ4v) is 2.82. The average molecular weight is 366 g/mol. The quantitative estimate of drug-likeness (QED) is 0.791. The SMILES string of the molecule is CC(=O)N[C@@H](C(=O)NC[C@@H](C)c1nc2ccccc2n1C(F)F)C(C)C. The third-order valence-electron chi connectivity index (χ3n) is 4.15. The van der Waals surface area contributed by atoms with Crippen molar-refractivity contribution in [2.45, 2.75) is 46.2 Å². The molecule has 2 amide bonds. The van der Waals surface area contributed by atoms with Crippen molar-refractivity contribution in [1.29, 1.82) is 0 Å². The molecule has 0 saturated heterocycles. The van der Waals surface area contributed by atoms with Gasteiger partial charge in [0.05, 0.1) is 11.0 Å². The largest absolute Gasteiger partial charge is 0.354 e. The summed E-state index contributed by atoms with van der Waals surface area (Å²) in [6.45, 7) is 4.12. The molecule has 1 aromatic heterocycles. The summed E-state index contributed by atoms with van der Waals surface area (Å²) in [5.41, 5.74) is 0.841. The number of hydrogen-bond acceptors (Lipinski definition) is 3. The van der Waals surface area contributed by atoms with E-state index in [0.29, 0.717) is 11.0 Å². The second kappa shape index (κ2) is 8.25. The fourth-order valence-electron chi connectivity index (χ4n) is 2.82. The van der Waals surface area contributed by atoms with Gasteiger partial charge in [0.2, 0.25) is 11.8 Å². The minimum Gasteiger partial charge on any atom is -0.354 e. The number of imidazole rings is 1. The number of alkyl halides is 2. The number of benzene rings is 1. The third-order valence-corrected chi connectivity index (χ3v) is 4.15.